The maximum atomic E-state index is 12.7. The van der Waals surface area contributed by atoms with E-state index in [1.807, 2.05) is 42.2 Å². The van der Waals surface area contributed by atoms with Crippen LogP contribution in [-0.4, -0.2) is 60.3 Å². The van der Waals surface area contributed by atoms with Crippen LogP contribution in [0.4, 0.5) is 0 Å². The standard InChI is InChI=1S/C23H28ClN5O2.HI/c1-2-26-23(27-16-18-6-3-7-19(13-18)22(25)31)29-11-9-28(10-12-29)21(30)15-17-5-4-8-20(24)14-17;/h3-8,13-14H,2,9-12,15-16H2,1H3,(H2,25,31)(H,26,27);1H. The van der Waals surface area contributed by atoms with Gasteiger partial charge in [0.05, 0.1) is 13.0 Å². The first-order valence-electron chi connectivity index (χ1n) is 10.4. The van der Waals surface area contributed by atoms with E-state index in [-0.39, 0.29) is 29.9 Å². The first kappa shape index (κ1) is 25.9. The number of piperazine rings is 1. The van der Waals surface area contributed by atoms with Crippen molar-refractivity contribution >= 4 is 53.4 Å². The minimum Gasteiger partial charge on any atom is -0.366 e. The molecule has 0 saturated carbocycles. The molecule has 2 aromatic carbocycles. The Balaban J connectivity index is 0.00000363. The molecule has 3 N–H and O–H groups in total. The molecule has 1 aliphatic heterocycles. The van der Waals surface area contributed by atoms with Crippen LogP contribution in [-0.2, 0) is 17.8 Å². The Morgan fingerprint density at radius 1 is 1.03 bits per heavy atom. The summed E-state index contributed by atoms with van der Waals surface area (Å²) in [4.78, 5) is 32.8. The monoisotopic (exact) mass is 569 g/mol. The van der Waals surface area contributed by atoms with E-state index in [0.29, 0.717) is 49.7 Å². The van der Waals surface area contributed by atoms with Crippen LogP contribution in [0.3, 0.4) is 0 Å². The lowest BCUT2D eigenvalue weighted by Crippen LogP contribution is -2.54. The number of aliphatic imine (C=N–C) groups is 1. The second-order valence-electron chi connectivity index (χ2n) is 7.41. The molecular formula is C23H29ClIN5O2. The molecule has 2 aromatic rings. The van der Waals surface area contributed by atoms with Gasteiger partial charge in [0, 0.05) is 43.3 Å². The maximum absolute atomic E-state index is 12.7. The molecule has 172 valence electrons. The Morgan fingerprint density at radius 3 is 2.34 bits per heavy atom. The number of hydrogen-bond donors (Lipinski definition) is 2. The molecule has 0 unspecified atom stereocenters. The van der Waals surface area contributed by atoms with Crippen molar-refractivity contribution < 1.29 is 9.59 Å². The number of benzene rings is 2. The molecule has 0 aliphatic carbocycles. The Hall–Kier alpha value is -2.33. The van der Waals surface area contributed by atoms with Crippen molar-refractivity contribution in [3.05, 3.63) is 70.2 Å². The number of rotatable bonds is 6. The minimum absolute atomic E-state index is 0. The highest BCUT2D eigenvalue weighted by molar-refractivity contribution is 14.0. The fourth-order valence-electron chi connectivity index (χ4n) is 3.52. The van der Waals surface area contributed by atoms with E-state index in [4.69, 9.17) is 22.3 Å². The third-order valence-corrected chi connectivity index (χ3v) is 5.37. The average Bonchev–Trinajstić information content (AvgIpc) is 2.77. The van der Waals surface area contributed by atoms with Crippen LogP contribution >= 0.6 is 35.6 Å². The molecule has 0 radical (unpaired) electrons. The largest absolute Gasteiger partial charge is 0.366 e. The van der Waals surface area contributed by atoms with Gasteiger partial charge in [0.1, 0.15) is 0 Å². The second-order valence-corrected chi connectivity index (χ2v) is 7.85. The Labute approximate surface area is 211 Å². The van der Waals surface area contributed by atoms with Gasteiger partial charge in [-0.2, -0.15) is 0 Å². The van der Waals surface area contributed by atoms with Crippen molar-refractivity contribution in [3.8, 4) is 0 Å². The van der Waals surface area contributed by atoms with Gasteiger partial charge in [-0.05, 0) is 42.3 Å². The fourth-order valence-corrected chi connectivity index (χ4v) is 3.73. The van der Waals surface area contributed by atoms with Gasteiger partial charge in [0.2, 0.25) is 11.8 Å². The molecule has 2 amide bonds. The molecule has 1 heterocycles. The van der Waals surface area contributed by atoms with Crippen LogP contribution in [0.15, 0.2) is 53.5 Å². The summed E-state index contributed by atoms with van der Waals surface area (Å²) in [6, 6.07) is 14.6. The zero-order valence-electron chi connectivity index (χ0n) is 18.1. The van der Waals surface area contributed by atoms with Crippen molar-refractivity contribution in [1.29, 1.82) is 0 Å². The molecule has 1 aliphatic rings. The third kappa shape index (κ3) is 7.37. The summed E-state index contributed by atoms with van der Waals surface area (Å²) in [6.45, 7) is 5.89. The molecule has 1 saturated heterocycles. The number of carbonyl (C=O) groups is 2. The minimum atomic E-state index is -0.448. The Kier molecular flexibility index (Phi) is 10.2. The lowest BCUT2D eigenvalue weighted by atomic mass is 10.1. The van der Waals surface area contributed by atoms with Crippen LogP contribution in [0.5, 0.6) is 0 Å². The van der Waals surface area contributed by atoms with Crippen LogP contribution < -0.4 is 11.1 Å². The number of hydrogen-bond acceptors (Lipinski definition) is 3. The van der Waals surface area contributed by atoms with Gasteiger partial charge in [0.15, 0.2) is 5.96 Å². The number of guanidine groups is 1. The van der Waals surface area contributed by atoms with Crippen LogP contribution in [0, 0.1) is 0 Å². The number of primary amides is 1. The number of carbonyl (C=O) groups excluding carboxylic acids is 2. The summed E-state index contributed by atoms with van der Waals surface area (Å²) in [5, 5.41) is 3.96. The summed E-state index contributed by atoms with van der Waals surface area (Å²) < 4.78 is 0. The van der Waals surface area contributed by atoms with Crippen molar-refractivity contribution in [1.82, 2.24) is 15.1 Å². The van der Waals surface area contributed by atoms with E-state index >= 15 is 0 Å². The molecular weight excluding hydrogens is 541 g/mol. The SMILES string of the molecule is CCNC(=NCc1cccc(C(N)=O)c1)N1CCN(C(=O)Cc2cccc(Cl)c2)CC1.I. The Morgan fingerprint density at radius 2 is 1.69 bits per heavy atom. The summed E-state index contributed by atoms with van der Waals surface area (Å²) in [6.07, 6.45) is 0.352. The summed E-state index contributed by atoms with van der Waals surface area (Å²) in [5.41, 5.74) is 7.68. The van der Waals surface area contributed by atoms with Crippen molar-refractivity contribution in [2.75, 3.05) is 32.7 Å². The number of nitrogens with one attached hydrogen (secondary N) is 1. The smallest absolute Gasteiger partial charge is 0.248 e. The quantitative estimate of drug-likeness (QED) is 0.318. The number of nitrogens with zero attached hydrogens (tertiary/aromatic N) is 3. The summed E-state index contributed by atoms with van der Waals surface area (Å²) in [7, 11) is 0. The van der Waals surface area contributed by atoms with Crippen LogP contribution in [0.25, 0.3) is 0 Å². The van der Waals surface area contributed by atoms with Gasteiger partial charge in [0.25, 0.3) is 0 Å². The van der Waals surface area contributed by atoms with E-state index in [9.17, 15) is 9.59 Å². The van der Waals surface area contributed by atoms with E-state index in [0.717, 1.165) is 23.6 Å². The molecule has 9 heteroatoms. The molecule has 1 fully saturated rings. The van der Waals surface area contributed by atoms with Crippen LogP contribution in [0.1, 0.15) is 28.4 Å². The van der Waals surface area contributed by atoms with Gasteiger partial charge in [-0.15, -0.1) is 24.0 Å². The van der Waals surface area contributed by atoms with E-state index in [2.05, 4.69) is 10.2 Å². The van der Waals surface area contributed by atoms with Crippen molar-refractivity contribution in [3.63, 3.8) is 0 Å². The van der Waals surface area contributed by atoms with Gasteiger partial charge in [-0.1, -0.05) is 35.9 Å². The topological polar surface area (TPSA) is 91.0 Å². The summed E-state index contributed by atoms with van der Waals surface area (Å²) >= 11 is 6.02. The van der Waals surface area contributed by atoms with Gasteiger partial charge >= 0.3 is 0 Å². The van der Waals surface area contributed by atoms with E-state index < -0.39 is 5.91 Å². The predicted molar refractivity (Wildman–Crippen MR) is 138 cm³/mol. The zero-order chi connectivity index (χ0) is 22.2. The molecule has 3 rings (SSSR count). The second kappa shape index (κ2) is 12.6. The summed E-state index contributed by atoms with van der Waals surface area (Å²) in [5.74, 6) is 0.456. The van der Waals surface area contributed by atoms with Crippen LogP contribution in [0.2, 0.25) is 5.02 Å². The molecule has 0 spiro atoms. The van der Waals surface area contributed by atoms with E-state index in [1.165, 1.54) is 0 Å². The van der Waals surface area contributed by atoms with Gasteiger partial charge < -0.3 is 20.9 Å². The number of halogens is 2. The zero-order valence-corrected chi connectivity index (χ0v) is 21.2. The lowest BCUT2D eigenvalue weighted by Gasteiger charge is -2.36. The highest BCUT2D eigenvalue weighted by Crippen LogP contribution is 2.13. The van der Waals surface area contributed by atoms with E-state index in [1.54, 1.807) is 18.2 Å². The highest BCUT2D eigenvalue weighted by Gasteiger charge is 2.23. The molecule has 0 aromatic heterocycles. The molecule has 32 heavy (non-hydrogen) atoms. The van der Waals surface area contributed by atoms with Crippen molar-refractivity contribution in [2.45, 2.75) is 19.9 Å². The first-order chi connectivity index (χ1) is 15.0. The lowest BCUT2D eigenvalue weighted by molar-refractivity contribution is -0.131. The predicted octanol–water partition coefficient (Wildman–Crippen LogP) is 2.91. The van der Waals surface area contributed by atoms with Gasteiger partial charge in [-0.3, -0.25) is 9.59 Å². The average molecular weight is 570 g/mol. The number of amides is 2. The normalized spacial score (nSPS) is 14.0. The van der Waals surface area contributed by atoms with Crippen molar-refractivity contribution in [2.24, 2.45) is 10.7 Å². The number of nitrogens with two attached hydrogens (primary N) is 1. The third-order valence-electron chi connectivity index (χ3n) is 5.13. The van der Waals surface area contributed by atoms with Gasteiger partial charge in [-0.25, -0.2) is 4.99 Å². The molecule has 0 bridgehead atoms. The highest BCUT2D eigenvalue weighted by atomic mass is 127. The fraction of sp³-hybridized carbons (Fsp3) is 0.348. The first-order valence-corrected chi connectivity index (χ1v) is 10.8. The molecule has 7 nitrogen and oxygen atoms in total. The Bertz CT molecular complexity index is 961. The molecule has 0 atom stereocenters. The maximum Gasteiger partial charge on any atom is 0.248 e.